The fourth-order valence-electron chi connectivity index (χ4n) is 2.55. The fraction of sp³-hybridized carbons (Fsp3) is 0.312. The molecule has 1 aliphatic rings. The van der Waals surface area contributed by atoms with Crippen molar-refractivity contribution >= 4 is 33.8 Å². The second-order valence-electron chi connectivity index (χ2n) is 5.24. The van der Waals surface area contributed by atoms with E-state index in [1.54, 1.807) is 11.3 Å². The van der Waals surface area contributed by atoms with E-state index < -0.39 is 0 Å². The Morgan fingerprint density at radius 1 is 1.43 bits per heavy atom. The van der Waals surface area contributed by atoms with Gasteiger partial charge in [0.15, 0.2) is 0 Å². The molecule has 0 bridgehead atoms. The minimum absolute atomic E-state index is 0.0253. The smallest absolute Gasteiger partial charge is 0.261 e. The van der Waals surface area contributed by atoms with E-state index in [9.17, 15) is 4.79 Å². The fourth-order valence-corrected chi connectivity index (χ4v) is 3.86. The number of amides is 1. The largest absolute Gasteiger partial charge is 0.366 e. The number of carbonyl (C=O) groups is 1. The van der Waals surface area contributed by atoms with Crippen LogP contribution in [0.4, 0.5) is 5.00 Å². The molecule has 0 saturated heterocycles. The van der Waals surface area contributed by atoms with E-state index in [4.69, 9.17) is 11.6 Å². The van der Waals surface area contributed by atoms with Crippen LogP contribution in [-0.4, -0.2) is 19.5 Å². The van der Waals surface area contributed by atoms with Crippen molar-refractivity contribution in [2.24, 2.45) is 0 Å². The number of rotatable bonds is 3. The minimum Gasteiger partial charge on any atom is -0.366 e. The summed E-state index contributed by atoms with van der Waals surface area (Å²) in [5, 5.41) is 4.86. The lowest BCUT2D eigenvalue weighted by molar-refractivity contribution is 0.0955. The molecule has 2 heterocycles. The summed E-state index contributed by atoms with van der Waals surface area (Å²) in [6.07, 6.45) is 2.22. The molecule has 0 fully saturated rings. The first-order valence-electron chi connectivity index (χ1n) is 7.00. The van der Waals surface area contributed by atoms with E-state index >= 15 is 0 Å². The SMILES string of the molecule is CN1CCCc2cc(C(=O)NCc3ccccc3Cl)sc21. The summed E-state index contributed by atoms with van der Waals surface area (Å²) in [5.74, 6) is -0.0253. The number of carbonyl (C=O) groups excluding carboxylic acids is 1. The average Bonchev–Trinajstić information content (AvgIpc) is 2.92. The van der Waals surface area contributed by atoms with Gasteiger partial charge in [-0.05, 0) is 36.1 Å². The molecule has 5 heteroatoms. The molecule has 0 spiro atoms. The highest BCUT2D eigenvalue weighted by Gasteiger charge is 2.20. The Balaban J connectivity index is 1.70. The van der Waals surface area contributed by atoms with Gasteiger partial charge in [-0.15, -0.1) is 11.3 Å². The maximum absolute atomic E-state index is 12.3. The van der Waals surface area contributed by atoms with Crippen molar-refractivity contribution in [1.29, 1.82) is 0 Å². The predicted octanol–water partition coefficient (Wildman–Crippen LogP) is 3.71. The van der Waals surface area contributed by atoms with Crippen molar-refractivity contribution in [2.45, 2.75) is 19.4 Å². The Morgan fingerprint density at radius 2 is 2.24 bits per heavy atom. The van der Waals surface area contributed by atoms with E-state index in [0.29, 0.717) is 11.6 Å². The molecule has 3 rings (SSSR count). The molecule has 0 aliphatic carbocycles. The van der Waals surface area contributed by atoms with Crippen LogP contribution in [0.1, 0.15) is 27.2 Å². The molecule has 3 nitrogen and oxygen atoms in total. The molecule has 0 saturated carbocycles. The Morgan fingerprint density at radius 3 is 3.00 bits per heavy atom. The molecule has 1 aromatic carbocycles. The van der Waals surface area contributed by atoms with Crippen LogP contribution in [0.3, 0.4) is 0 Å². The molecule has 1 aromatic heterocycles. The number of hydrogen-bond acceptors (Lipinski definition) is 3. The number of benzene rings is 1. The van der Waals surface area contributed by atoms with E-state index in [-0.39, 0.29) is 5.91 Å². The monoisotopic (exact) mass is 320 g/mol. The van der Waals surface area contributed by atoms with Crippen LogP contribution in [0, 0.1) is 0 Å². The van der Waals surface area contributed by atoms with Gasteiger partial charge in [-0.1, -0.05) is 29.8 Å². The van der Waals surface area contributed by atoms with Crippen molar-refractivity contribution in [3.63, 3.8) is 0 Å². The lowest BCUT2D eigenvalue weighted by Crippen LogP contribution is -2.22. The Labute approximate surface area is 133 Å². The Kier molecular flexibility index (Phi) is 4.17. The van der Waals surface area contributed by atoms with E-state index in [0.717, 1.165) is 29.8 Å². The highest BCUT2D eigenvalue weighted by atomic mass is 35.5. The number of fused-ring (bicyclic) bond motifs is 1. The summed E-state index contributed by atoms with van der Waals surface area (Å²) in [7, 11) is 2.08. The van der Waals surface area contributed by atoms with Crippen LogP contribution >= 0.6 is 22.9 Å². The van der Waals surface area contributed by atoms with E-state index in [1.807, 2.05) is 30.3 Å². The molecule has 110 valence electrons. The Hall–Kier alpha value is -1.52. The standard InChI is InChI=1S/C16H17ClN2OS/c1-19-8-4-6-11-9-14(21-16(11)19)15(20)18-10-12-5-2-3-7-13(12)17/h2-3,5,7,9H,4,6,8,10H2,1H3,(H,18,20). The van der Waals surface area contributed by atoms with E-state index in [2.05, 4.69) is 17.3 Å². The Bertz CT molecular complexity index is 668. The maximum atomic E-state index is 12.3. The van der Waals surface area contributed by atoms with Crippen molar-refractivity contribution < 1.29 is 4.79 Å². The number of nitrogens with zero attached hydrogens (tertiary/aromatic N) is 1. The van der Waals surface area contributed by atoms with Crippen LogP contribution < -0.4 is 10.2 Å². The second kappa shape index (κ2) is 6.08. The quantitative estimate of drug-likeness (QED) is 0.935. The maximum Gasteiger partial charge on any atom is 0.261 e. The summed E-state index contributed by atoms with van der Waals surface area (Å²) < 4.78 is 0. The zero-order chi connectivity index (χ0) is 14.8. The van der Waals surface area contributed by atoms with Gasteiger partial charge >= 0.3 is 0 Å². The molecular weight excluding hydrogens is 304 g/mol. The summed E-state index contributed by atoms with van der Waals surface area (Å²) >= 11 is 7.67. The molecule has 2 aromatic rings. The number of aryl methyl sites for hydroxylation is 1. The molecule has 1 N–H and O–H groups in total. The highest BCUT2D eigenvalue weighted by Crippen LogP contribution is 2.34. The van der Waals surface area contributed by atoms with Crippen LogP contribution in [0.15, 0.2) is 30.3 Å². The molecule has 1 amide bonds. The summed E-state index contributed by atoms with van der Waals surface area (Å²) in [6, 6.07) is 9.60. The minimum atomic E-state index is -0.0253. The van der Waals surface area contributed by atoms with Gasteiger partial charge in [0.2, 0.25) is 0 Å². The summed E-state index contributed by atoms with van der Waals surface area (Å²) in [5.41, 5.74) is 2.22. The molecule has 0 atom stereocenters. The zero-order valence-corrected chi connectivity index (χ0v) is 13.4. The average molecular weight is 321 g/mol. The van der Waals surface area contributed by atoms with Gasteiger partial charge in [0, 0.05) is 25.2 Å². The zero-order valence-electron chi connectivity index (χ0n) is 11.9. The third-order valence-electron chi connectivity index (χ3n) is 3.69. The van der Waals surface area contributed by atoms with Crippen molar-refractivity contribution in [3.05, 3.63) is 51.4 Å². The van der Waals surface area contributed by atoms with Gasteiger partial charge in [0.1, 0.15) is 0 Å². The third kappa shape index (κ3) is 3.06. The van der Waals surface area contributed by atoms with Crippen LogP contribution in [-0.2, 0) is 13.0 Å². The van der Waals surface area contributed by atoms with Crippen molar-refractivity contribution in [1.82, 2.24) is 5.32 Å². The van der Waals surface area contributed by atoms with Gasteiger partial charge in [-0.2, -0.15) is 0 Å². The molecule has 1 aliphatic heterocycles. The molecule has 0 radical (unpaired) electrons. The number of nitrogens with one attached hydrogen (secondary N) is 1. The van der Waals surface area contributed by atoms with Crippen molar-refractivity contribution in [3.8, 4) is 0 Å². The highest BCUT2D eigenvalue weighted by molar-refractivity contribution is 7.18. The van der Waals surface area contributed by atoms with Gasteiger partial charge in [0.25, 0.3) is 5.91 Å². The molecule has 0 unspecified atom stereocenters. The first-order valence-corrected chi connectivity index (χ1v) is 8.20. The lowest BCUT2D eigenvalue weighted by Gasteiger charge is -2.23. The summed E-state index contributed by atoms with van der Waals surface area (Å²) in [6.45, 7) is 1.52. The molecule has 21 heavy (non-hydrogen) atoms. The van der Waals surface area contributed by atoms with Gasteiger partial charge in [-0.3, -0.25) is 4.79 Å². The lowest BCUT2D eigenvalue weighted by atomic mass is 10.1. The van der Waals surface area contributed by atoms with Gasteiger partial charge < -0.3 is 10.2 Å². The first-order chi connectivity index (χ1) is 10.1. The number of hydrogen-bond donors (Lipinski definition) is 1. The van der Waals surface area contributed by atoms with Gasteiger partial charge in [0.05, 0.1) is 9.88 Å². The van der Waals surface area contributed by atoms with Crippen LogP contribution in [0.5, 0.6) is 0 Å². The van der Waals surface area contributed by atoms with Crippen LogP contribution in [0.2, 0.25) is 5.02 Å². The third-order valence-corrected chi connectivity index (χ3v) is 5.35. The predicted molar refractivity (Wildman–Crippen MR) is 88.5 cm³/mol. The summed E-state index contributed by atoms with van der Waals surface area (Å²) in [4.78, 5) is 15.3. The first kappa shape index (κ1) is 14.4. The number of halogens is 1. The normalized spacial score (nSPS) is 13.9. The molecular formula is C16H17ClN2OS. The van der Waals surface area contributed by atoms with Crippen LogP contribution in [0.25, 0.3) is 0 Å². The topological polar surface area (TPSA) is 32.3 Å². The van der Waals surface area contributed by atoms with Gasteiger partial charge in [-0.25, -0.2) is 0 Å². The number of anilines is 1. The number of thiophene rings is 1. The van der Waals surface area contributed by atoms with Crippen molar-refractivity contribution in [2.75, 3.05) is 18.5 Å². The second-order valence-corrected chi connectivity index (χ2v) is 6.68. The van der Waals surface area contributed by atoms with E-state index in [1.165, 1.54) is 10.6 Å².